The fourth-order valence-electron chi connectivity index (χ4n) is 0. The van der Waals surface area contributed by atoms with Crippen LogP contribution in [0.15, 0.2) is 0 Å². The summed E-state index contributed by atoms with van der Waals surface area (Å²) < 4.78 is 0. The number of hydrogen-bond donors (Lipinski definition) is 1. The van der Waals surface area contributed by atoms with Crippen LogP contribution in [0, 0.1) is 0 Å². The zero-order valence-electron chi connectivity index (χ0n) is 4.78. The van der Waals surface area contributed by atoms with Crippen molar-refractivity contribution in [3.63, 3.8) is 0 Å². The predicted molar refractivity (Wildman–Crippen MR) is 29.7 cm³/mol. The first kappa shape index (κ1) is 9.87. The average Bonchev–Trinajstić information content (AvgIpc) is 0.722. The van der Waals surface area contributed by atoms with E-state index in [9.17, 15) is 0 Å². The molecule has 0 aliphatic heterocycles. The number of nitrogens with two attached hydrogens (primary N) is 1. The summed E-state index contributed by atoms with van der Waals surface area (Å²) in [5.41, 5.74) is 5.35. The molecule has 2 radical (unpaired) electrons. The van der Waals surface area contributed by atoms with Crippen molar-refractivity contribution in [2.75, 3.05) is 0 Å². The minimum atomic E-state index is 0. The van der Waals surface area contributed by atoms with E-state index in [1.165, 1.54) is 0 Å². The van der Waals surface area contributed by atoms with Crippen LogP contribution in [0.2, 0.25) is 0 Å². The van der Waals surface area contributed by atoms with Crippen molar-refractivity contribution in [3.05, 3.63) is 0 Å². The second-order valence-corrected chi connectivity index (χ2v) is 2.37. The van der Waals surface area contributed by atoms with Crippen LogP contribution in [0.4, 0.5) is 0 Å². The van der Waals surface area contributed by atoms with Gasteiger partial charge in [-0.3, -0.25) is 0 Å². The van der Waals surface area contributed by atoms with E-state index in [2.05, 4.69) is 0 Å². The summed E-state index contributed by atoms with van der Waals surface area (Å²) in [6.07, 6.45) is 0. The van der Waals surface area contributed by atoms with Gasteiger partial charge >= 0.3 is 0 Å². The molecule has 2 N–H and O–H groups in total. The van der Waals surface area contributed by atoms with Gasteiger partial charge in [0.05, 0.1) is 0 Å². The van der Waals surface area contributed by atoms with Gasteiger partial charge < -0.3 is 5.73 Å². The van der Waals surface area contributed by atoms with Crippen LogP contribution in [0.1, 0.15) is 20.8 Å². The van der Waals surface area contributed by atoms with Crippen molar-refractivity contribution in [2.45, 2.75) is 26.3 Å². The molecule has 34 valence electrons. The lowest BCUT2D eigenvalue weighted by molar-refractivity contribution is 0.580. The van der Waals surface area contributed by atoms with Gasteiger partial charge in [-0.2, -0.15) is 0 Å². The topological polar surface area (TPSA) is 26.0 Å². The van der Waals surface area contributed by atoms with Gasteiger partial charge in [0.25, 0.3) is 0 Å². The molecule has 0 unspecified atom stereocenters. The Bertz CT molecular complexity index is 23.0. The molecule has 0 rings (SSSR count). The Labute approximate surface area is 55.4 Å². The highest BCUT2D eigenvalue weighted by atomic mass is 24.3. The molecular formula is C4H11MgN. The summed E-state index contributed by atoms with van der Waals surface area (Å²) >= 11 is 0. The van der Waals surface area contributed by atoms with Crippen LogP contribution >= 0.6 is 0 Å². The normalized spacial score (nSPS) is 10.0. The largest absolute Gasteiger partial charge is 0.326 e. The van der Waals surface area contributed by atoms with Crippen molar-refractivity contribution < 1.29 is 0 Å². The standard InChI is InChI=1S/C4H11N.Mg/c1-4(2,3)5;/h5H2,1-3H3;. The molecule has 6 heavy (non-hydrogen) atoms. The number of hydrogen-bond acceptors (Lipinski definition) is 1. The highest BCUT2D eigenvalue weighted by Gasteiger charge is 1.95. The Hall–Kier alpha value is 0.726. The van der Waals surface area contributed by atoms with E-state index in [0.717, 1.165) is 0 Å². The summed E-state index contributed by atoms with van der Waals surface area (Å²) in [4.78, 5) is 0. The summed E-state index contributed by atoms with van der Waals surface area (Å²) in [7, 11) is 0. The van der Waals surface area contributed by atoms with E-state index >= 15 is 0 Å². The molecule has 0 bridgehead atoms. The van der Waals surface area contributed by atoms with Crippen LogP contribution in [0.25, 0.3) is 0 Å². The summed E-state index contributed by atoms with van der Waals surface area (Å²) in [6, 6.07) is 0. The molecule has 0 aromatic carbocycles. The first-order valence-corrected chi connectivity index (χ1v) is 1.79. The molecule has 0 aliphatic rings. The van der Waals surface area contributed by atoms with Crippen LogP contribution < -0.4 is 5.73 Å². The maximum Gasteiger partial charge on any atom is 0.00686 e. The van der Waals surface area contributed by atoms with Crippen molar-refractivity contribution >= 4 is 23.1 Å². The molecule has 0 heterocycles. The maximum atomic E-state index is 5.35. The number of rotatable bonds is 0. The summed E-state index contributed by atoms with van der Waals surface area (Å²) in [5, 5.41) is 0. The second kappa shape index (κ2) is 2.83. The fourth-order valence-corrected chi connectivity index (χ4v) is 0. The summed E-state index contributed by atoms with van der Waals surface area (Å²) in [6.45, 7) is 5.90. The third-order valence-corrected chi connectivity index (χ3v) is 0. The van der Waals surface area contributed by atoms with Gasteiger partial charge in [-0.25, -0.2) is 0 Å². The van der Waals surface area contributed by atoms with Crippen molar-refractivity contribution in [1.29, 1.82) is 0 Å². The Morgan fingerprint density at radius 1 is 1.17 bits per heavy atom. The van der Waals surface area contributed by atoms with Crippen LogP contribution in [-0.2, 0) is 0 Å². The molecular weight excluding hydrogens is 86.4 g/mol. The van der Waals surface area contributed by atoms with E-state index in [0.29, 0.717) is 0 Å². The molecule has 0 aromatic heterocycles. The first-order chi connectivity index (χ1) is 2.00. The lowest BCUT2D eigenvalue weighted by Crippen LogP contribution is -2.26. The first-order valence-electron chi connectivity index (χ1n) is 1.79. The van der Waals surface area contributed by atoms with Gasteiger partial charge in [0.2, 0.25) is 0 Å². The smallest absolute Gasteiger partial charge is 0.00686 e. The highest BCUT2D eigenvalue weighted by molar-refractivity contribution is 5.75. The molecule has 0 saturated heterocycles. The second-order valence-electron chi connectivity index (χ2n) is 2.37. The third kappa shape index (κ3) is 124. The highest BCUT2D eigenvalue weighted by Crippen LogP contribution is 1.88. The van der Waals surface area contributed by atoms with Crippen LogP contribution in [0.3, 0.4) is 0 Å². The van der Waals surface area contributed by atoms with Crippen LogP contribution in [0.5, 0.6) is 0 Å². The Kier molecular flexibility index (Phi) is 4.65. The third-order valence-electron chi connectivity index (χ3n) is 0. The molecule has 0 saturated carbocycles. The van der Waals surface area contributed by atoms with E-state index in [4.69, 9.17) is 5.73 Å². The molecule has 0 aliphatic carbocycles. The minimum Gasteiger partial charge on any atom is -0.326 e. The van der Waals surface area contributed by atoms with Gasteiger partial charge in [0, 0.05) is 28.6 Å². The van der Waals surface area contributed by atoms with Gasteiger partial charge in [0.15, 0.2) is 0 Å². The SMILES string of the molecule is CC(C)(C)N.[Mg]. The molecule has 0 amide bonds. The van der Waals surface area contributed by atoms with Crippen molar-refractivity contribution in [1.82, 2.24) is 0 Å². The van der Waals surface area contributed by atoms with E-state index in [1.54, 1.807) is 0 Å². The monoisotopic (exact) mass is 97.1 g/mol. The van der Waals surface area contributed by atoms with E-state index < -0.39 is 0 Å². The van der Waals surface area contributed by atoms with E-state index in [-0.39, 0.29) is 28.6 Å². The van der Waals surface area contributed by atoms with Crippen molar-refractivity contribution in [2.24, 2.45) is 5.73 Å². The minimum absolute atomic E-state index is 0. The molecule has 0 fully saturated rings. The Balaban J connectivity index is 0. The van der Waals surface area contributed by atoms with Crippen molar-refractivity contribution in [3.8, 4) is 0 Å². The molecule has 2 heteroatoms. The van der Waals surface area contributed by atoms with Gasteiger partial charge in [-0.15, -0.1) is 0 Å². The zero-order chi connectivity index (χ0) is 4.50. The molecule has 0 aromatic rings. The Morgan fingerprint density at radius 3 is 1.17 bits per heavy atom. The van der Waals surface area contributed by atoms with Gasteiger partial charge in [-0.1, -0.05) is 0 Å². The lowest BCUT2D eigenvalue weighted by Gasteiger charge is -2.06. The average molecular weight is 97.4 g/mol. The van der Waals surface area contributed by atoms with Crippen LogP contribution in [-0.4, -0.2) is 28.6 Å². The zero-order valence-corrected chi connectivity index (χ0v) is 6.20. The maximum absolute atomic E-state index is 5.35. The fraction of sp³-hybridized carbons (Fsp3) is 1.00. The Morgan fingerprint density at radius 2 is 1.17 bits per heavy atom. The quantitative estimate of drug-likeness (QED) is 0.434. The van der Waals surface area contributed by atoms with Gasteiger partial charge in [-0.05, 0) is 20.8 Å². The molecule has 0 atom stereocenters. The molecule has 0 spiro atoms. The van der Waals surface area contributed by atoms with Gasteiger partial charge in [0.1, 0.15) is 0 Å². The predicted octanol–water partition coefficient (Wildman–Crippen LogP) is 0.363. The lowest BCUT2D eigenvalue weighted by atomic mass is 10.1. The van der Waals surface area contributed by atoms with E-state index in [1.807, 2.05) is 20.8 Å². The summed E-state index contributed by atoms with van der Waals surface area (Å²) in [5.74, 6) is 0. The molecule has 1 nitrogen and oxygen atoms in total.